The van der Waals surface area contributed by atoms with Crippen molar-refractivity contribution in [3.8, 4) is 5.75 Å². The molecule has 28 heavy (non-hydrogen) atoms. The third-order valence-electron chi connectivity index (χ3n) is 5.17. The number of likely N-dealkylation sites (tertiary alicyclic amines) is 1. The predicted molar refractivity (Wildman–Crippen MR) is 109 cm³/mol. The number of benzene rings is 2. The largest absolute Gasteiger partial charge is 0.497 e. The van der Waals surface area contributed by atoms with Gasteiger partial charge in [0, 0.05) is 25.3 Å². The van der Waals surface area contributed by atoms with E-state index >= 15 is 0 Å². The highest BCUT2D eigenvalue weighted by atomic mass is 16.5. The number of methoxy groups -OCH3 is 1. The van der Waals surface area contributed by atoms with Gasteiger partial charge < -0.3 is 20.3 Å². The number of nitrogens with zero attached hydrogens (tertiary/aromatic N) is 1. The number of urea groups is 1. The Morgan fingerprint density at radius 3 is 2.50 bits per heavy atom. The van der Waals surface area contributed by atoms with E-state index in [1.807, 2.05) is 37.3 Å². The molecule has 1 saturated heterocycles. The van der Waals surface area contributed by atoms with Crippen molar-refractivity contribution in [2.24, 2.45) is 5.41 Å². The number of hydrogen-bond donors (Lipinski definition) is 2. The van der Waals surface area contributed by atoms with Crippen LogP contribution < -0.4 is 15.4 Å². The lowest BCUT2D eigenvalue weighted by Gasteiger charge is -2.39. The number of amides is 3. The van der Waals surface area contributed by atoms with Gasteiger partial charge in [0.15, 0.2) is 0 Å². The molecule has 0 bridgehead atoms. The van der Waals surface area contributed by atoms with Crippen LogP contribution in [0.15, 0.2) is 54.6 Å². The first kappa shape index (κ1) is 19.7. The van der Waals surface area contributed by atoms with Gasteiger partial charge >= 0.3 is 6.03 Å². The van der Waals surface area contributed by atoms with E-state index in [2.05, 4.69) is 10.6 Å². The van der Waals surface area contributed by atoms with E-state index < -0.39 is 5.41 Å². The van der Waals surface area contributed by atoms with Crippen LogP contribution in [0.25, 0.3) is 0 Å². The molecule has 0 aliphatic carbocycles. The zero-order chi connectivity index (χ0) is 20.0. The van der Waals surface area contributed by atoms with Crippen LogP contribution in [0.2, 0.25) is 0 Å². The van der Waals surface area contributed by atoms with E-state index in [1.165, 1.54) is 0 Å². The molecule has 1 fully saturated rings. The smallest absolute Gasteiger partial charge is 0.321 e. The van der Waals surface area contributed by atoms with Crippen LogP contribution in [0.3, 0.4) is 0 Å². The van der Waals surface area contributed by atoms with Gasteiger partial charge in [0.2, 0.25) is 5.91 Å². The summed E-state index contributed by atoms with van der Waals surface area (Å²) in [7, 11) is 1.60. The maximum atomic E-state index is 12.8. The van der Waals surface area contributed by atoms with Crippen LogP contribution in [0, 0.1) is 5.41 Å². The van der Waals surface area contributed by atoms with Crippen molar-refractivity contribution in [3.05, 3.63) is 60.2 Å². The zero-order valence-electron chi connectivity index (χ0n) is 16.4. The van der Waals surface area contributed by atoms with Gasteiger partial charge in [0.05, 0.1) is 12.5 Å². The second-order valence-electron chi connectivity index (χ2n) is 7.41. The van der Waals surface area contributed by atoms with Gasteiger partial charge in [-0.1, -0.05) is 30.3 Å². The van der Waals surface area contributed by atoms with Crippen LogP contribution in [0.5, 0.6) is 5.75 Å². The second-order valence-corrected chi connectivity index (χ2v) is 7.41. The number of nitrogens with one attached hydrogen (secondary N) is 2. The summed E-state index contributed by atoms with van der Waals surface area (Å²) in [5.41, 5.74) is 1.17. The van der Waals surface area contributed by atoms with Crippen LogP contribution in [-0.2, 0) is 11.3 Å². The average molecular weight is 381 g/mol. The highest BCUT2D eigenvalue weighted by Gasteiger charge is 2.39. The molecule has 0 saturated carbocycles. The molecule has 1 atom stereocenters. The van der Waals surface area contributed by atoms with Gasteiger partial charge in [-0.2, -0.15) is 0 Å². The molecule has 2 aromatic rings. The number of rotatable bonds is 5. The molecule has 3 amide bonds. The van der Waals surface area contributed by atoms with Gasteiger partial charge in [-0.3, -0.25) is 4.79 Å². The molecule has 1 aliphatic heterocycles. The summed E-state index contributed by atoms with van der Waals surface area (Å²) in [4.78, 5) is 27.2. The van der Waals surface area contributed by atoms with E-state index in [0.29, 0.717) is 25.3 Å². The number of ether oxygens (including phenoxy) is 1. The molecule has 0 spiro atoms. The third-order valence-corrected chi connectivity index (χ3v) is 5.17. The Labute approximate surface area is 165 Å². The molecule has 0 unspecified atom stereocenters. The van der Waals surface area contributed by atoms with Crippen molar-refractivity contribution in [2.75, 3.05) is 25.5 Å². The normalized spacial score (nSPS) is 19.0. The Kier molecular flexibility index (Phi) is 6.19. The fourth-order valence-corrected chi connectivity index (χ4v) is 3.47. The Morgan fingerprint density at radius 2 is 1.82 bits per heavy atom. The monoisotopic (exact) mass is 381 g/mol. The van der Waals surface area contributed by atoms with Crippen LogP contribution in [0.4, 0.5) is 10.5 Å². The van der Waals surface area contributed by atoms with Crippen LogP contribution in [-0.4, -0.2) is 37.0 Å². The lowest BCUT2D eigenvalue weighted by molar-refractivity contribution is -0.132. The topological polar surface area (TPSA) is 70.7 Å². The second kappa shape index (κ2) is 8.78. The molecule has 2 aromatic carbocycles. The molecular formula is C22H27N3O3. The molecule has 6 nitrogen and oxygen atoms in total. The van der Waals surface area contributed by atoms with Gasteiger partial charge in [-0.15, -0.1) is 0 Å². The third kappa shape index (κ3) is 4.82. The van der Waals surface area contributed by atoms with E-state index in [-0.39, 0.29) is 11.9 Å². The van der Waals surface area contributed by atoms with E-state index in [4.69, 9.17) is 4.74 Å². The summed E-state index contributed by atoms with van der Waals surface area (Å²) in [5, 5.41) is 5.92. The summed E-state index contributed by atoms with van der Waals surface area (Å²) in [6.07, 6.45) is 1.56. The number of piperidine rings is 1. The molecule has 1 aliphatic rings. The first-order valence-electron chi connectivity index (χ1n) is 9.52. The van der Waals surface area contributed by atoms with E-state index in [1.54, 1.807) is 36.3 Å². The van der Waals surface area contributed by atoms with Gasteiger partial charge in [-0.25, -0.2) is 4.79 Å². The van der Waals surface area contributed by atoms with Crippen LogP contribution in [0.1, 0.15) is 25.3 Å². The summed E-state index contributed by atoms with van der Waals surface area (Å²) in [5.74, 6) is 0.719. The van der Waals surface area contributed by atoms with Gasteiger partial charge in [-0.05, 0) is 49.6 Å². The van der Waals surface area contributed by atoms with Crippen molar-refractivity contribution >= 4 is 17.6 Å². The molecular weight excluding hydrogens is 354 g/mol. The molecule has 0 aromatic heterocycles. The van der Waals surface area contributed by atoms with Crippen molar-refractivity contribution in [2.45, 2.75) is 26.3 Å². The Hall–Kier alpha value is -3.02. The SMILES string of the molecule is COc1ccc(NC(=O)N2CCC[C@@](C)(C(=O)NCc3ccccc3)C2)cc1. The predicted octanol–water partition coefficient (Wildman–Crippen LogP) is 3.65. The number of hydrogen-bond acceptors (Lipinski definition) is 3. The van der Waals surface area contributed by atoms with Crippen molar-refractivity contribution < 1.29 is 14.3 Å². The summed E-state index contributed by atoms with van der Waals surface area (Å²) >= 11 is 0. The lowest BCUT2D eigenvalue weighted by Crippen LogP contribution is -2.52. The Bertz CT molecular complexity index is 808. The summed E-state index contributed by atoms with van der Waals surface area (Å²) < 4.78 is 5.13. The fourth-order valence-electron chi connectivity index (χ4n) is 3.47. The maximum absolute atomic E-state index is 12.8. The van der Waals surface area contributed by atoms with E-state index in [9.17, 15) is 9.59 Å². The number of carbonyl (C=O) groups excluding carboxylic acids is 2. The van der Waals surface area contributed by atoms with Crippen LogP contribution >= 0.6 is 0 Å². The highest BCUT2D eigenvalue weighted by molar-refractivity contribution is 5.90. The van der Waals surface area contributed by atoms with Gasteiger partial charge in [0.25, 0.3) is 0 Å². The Morgan fingerprint density at radius 1 is 1.11 bits per heavy atom. The number of carbonyl (C=O) groups is 2. The average Bonchev–Trinajstić information content (AvgIpc) is 2.73. The summed E-state index contributed by atoms with van der Waals surface area (Å²) in [6, 6.07) is 16.8. The zero-order valence-corrected chi connectivity index (χ0v) is 16.4. The highest BCUT2D eigenvalue weighted by Crippen LogP contribution is 2.30. The molecule has 148 valence electrons. The summed E-state index contributed by atoms with van der Waals surface area (Å²) in [6.45, 7) is 3.46. The minimum atomic E-state index is -0.593. The molecule has 6 heteroatoms. The maximum Gasteiger partial charge on any atom is 0.321 e. The molecule has 3 rings (SSSR count). The first-order chi connectivity index (χ1) is 13.5. The van der Waals surface area contributed by atoms with Crippen molar-refractivity contribution in [3.63, 3.8) is 0 Å². The quantitative estimate of drug-likeness (QED) is 0.831. The standard InChI is InChI=1S/C22H27N3O3/c1-22(20(26)23-15-17-7-4-3-5-8-17)13-6-14-25(16-22)21(27)24-18-9-11-19(28-2)12-10-18/h3-5,7-12H,6,13-16H2,1-2H3,(H,23,26)(H,24,27)/t22-/m1/s1. The fraction of sp³-hybridized carbons (Fsp3) is 0.364. The molecule has 0 radical (unpaired) electrons. The molecule has 1 heterocycles. The van der Waals surface area contributed by atoms with Crippen molar-refractivity contribution in [1.82, 2.24) is 10.2 Å². The van der Waals surface area contributed by atoms with Crippen molar-refractivity contribution in [1.29, 1.82) is 0 Å². The minimum absolute atomic E-state index is 0.0155. The Balaban J connectivity index is 1.58. The number of anilines is 1. The molecule has 2 N–H and O–H groups in total. The first-order valence-corrected chi connectivity index (χ1v) is 9.52. The minimum Gasteiger partial charge on any atom is -0.497 e. The van der Waals surface area contributed by atoms with E-state index in [0.717, 1.165) is 24.2 Å². The lowest BCUT2D eigenvalue weighted by atomic mass is 9.81. The van der Waals surface area contributed by atoms with Gasteiger partial charge in [0.1, 0.15) is 5.75 Å².